The van der Waals surface area contributed by atoms with Crippen LogP contribution in [0.5, 0.6) is 5.75 Å². The van der Waals surface area contributed by atoms with Gasteiger partial charge >= 0.3 is 5.97 Å². The summed E-state index contributed by atoms with van der Waals surface area (Å²) in [6.45, 7) is 0.0594. The minimum absolute atomic E-state index is 0.0594. The molecule has 0 atom stereocenters. The molecule has 0 spiro atoms. The number of rotatable bonds is 7. The van der Waals surface area contributed by atoms with Crippen LogP contribution in [0.3, 0.4) is 0 Å². The van der Waals surface area contributed by atoms with Crippen LogP contribution in [0, 0.1) is 5.82 Å². The monoisotopic (exact) mass is 322 g/mol. The Bertz CT molecular complexity index is 621. The zero-order chi connectivity index (χ0) is 15.9. The summed E-state index contributed by atoms with van der Waals surface area (Å²) in [5.41, 5.74) is 1.37. The lowest BCUT2D eigenvalue weighted by molar-refractivity contribution is -0.137. The van der Waals surface area contributed by atoms with E-state index >= 15 is 0 Å². The van der Waals surface area contributed by atoms with Crippen LogP contribution in [0.15, 0.2) is 42.5 Å². The molecule has 1 N–H and O–H groups in total. The summed E-state index contributed by atoms with van der Waals surface area (Å²) in [4.78, 5) is 10.5. The van der Waals surface area contributed by atoms with E-state index in [2.05, 4.69) is 0 Å². The Balaban J connectivity index is 1.90. The van der Waals surface area contributed by atoms with E-state index in [1.807, 2.05) is 12.1 Å². The molecule has 0 radical (unpaired) electrons. The first kappa shape index (κ1) is 16.3. The van der Waals surface area contributed by atoms with E-state index in [0.29, 0.717) is 29.2 Å². The van der Waals surface area contributed by atoms with Gasteiger partial charge in [-0.05, 0) is 42.7 Å². The molecule has 116 valence electrons. The predicted octanol–water partition coefficient (Wildman–Crippen LogP) is 4.47. The van der Waals surface area contributed by atoms with Crippen LogP contribution in [-0.2, 0) is 17.8 Å². The van der Waals surface area contributed by atoms with Gasteiger partial charge in [0.15, 0.2) is 0 Å². The fraction of sp³-hybridized carbons (Fsp3) is 0.235. The smallest absolute Gasteiger partial charge is 0.303 e. The van der Waals surface area contributed by atoms with Crippen LogP contribution in [0.1, 0.15) is 24.0 Å². The number of carbonyl (C=O) groups is 1. The number of hydrogen-bond donors (Lipinski definition) is 1. The third kappa shape index (κ3) is 4.74. The lowest BCUT2D eigenvalue weighted by Crippen LogP contribution is -2.00. The van der Waals surface area contributed by atoms with Crippen molar-refractivity contribution in [1.29, 1.82) is 0 Å². The third-order valence-electron chi connectivity index (χ3n) is 3.22. The number of halogens is 2. The number of hydrogen-bond acceptors (Lipinski definition) is 2. The second kappa shape index (κ2) is 7.80. The molecule has 0 heterocycles. The summed E-state index contributed by atoms with van der Waals surface area (Å²) in [5.74, 6) is -0.569. The van der Waals surface area contributed by atoms with E-state index in [1.165, 1.54) is 6.07 Å². The second-order valence-corrected chi connectivity index (χ2v) is 5.29. The molecule has 0 aliphatic heterocycles. The van der Waals surface area contributed by atoms with Crippen LogP contribution in [0.2, 0.25) is 5.02 Å². The number of aliphatic carboxylic acids is 1. The Kier molecular flexibility index (Phi) is 5.78. The van der Waals surface area contributed by atoms with Gasteiger partial charge in [-0.25, -0.2) is 4.39 Å². The Morgan fingerprint density at radius 2 is 1.91 bits per heavy atom. The lowest BCUT2D eigenvalue weighted by atomic mass is 10.1. The Morgan fingerprint density at radius 1 is 1.18 bits per heavy atom. The number of carboxylic acid groups (broad SMARTS) is 1. The molecule has 0 fully saturated rings. The van der Waals surface area contributed by atoms with Gasteiger partial charge in [0.25, 0.3) is 0 Å². The summed E-state index contributed by atoms with van der Waals surface area (Å²) in [5, 5.41) is 8.94. The van der Waals surface area contributed by atoms with Crippen molar-refractivity contribution in [3.63, 3.8) is 0 Å². The number of benzene rings is 2. The molecule has 0 saturated carbocycles. The Hall–Kier alpha value is -2.07. The molecular weight excluding hydrogens is 307 g/mol. The SMILES string of the molecule is O=C(O)CCCc1ccc(OCc2c(F)cccc2Cl)cc1. The zero-order valence-electron chi connectivity index (χ0n) is 11.9. The minimum Gasteiger partial charge on any atom is -0.489 e. The Morgan fingerprint density at radius 3 is 2.55 bits per heavy atom. The van der Waals surface area contributed by atoms with Crippen LogP contribution in [0.25, 0.3) is 0 Å². The molecule has 0 saturated heterocycles. The highest BCUT2D eigenvalue weighted by Gasteiger charge is 2.07. The Labute approximate surface area is 133 Å². The fourth-order valence-electron chi connectivity index (χ4n) is 2.02. The molecule has 0 aromatic heterocycles. The summed E-state index contributed by atoms with van der Waals surface area (Å²) in [6.07, 6.45) is 1.45. The second-order valence-electron chi connectivity index (χ2n) is 4.88. The maximum Gasteiger partial charge on any atom is 0.303 e. The molecule has 2 aromatic carbocycles. The highest BCUT2D eigenvalue weighted by Crippen LogP contribution is 2.22. The van der Waals surface area contributed by atoms with Gasteiger partial charge in [0.05, 0.1) is 5.02 Å². The molecule has 2 aromatic rings. The van der Waals surface area contributed by atoms with Gasteiger partial charge in [0, 0.05) is 12.0 Å². The minimum atomic E-state index is -0.790. The topological polar surface area (TPSA) is 46.5 Å². The van der Waals surface area contributed by atoms with Gasteiger partial charge in [-0.1, -0.05) is 29.8 Å². The van der Waals surface area contributed by atoms with Crippen molar-refractivity contribution in [2.24, 2.45) is 0 Å². The van der Waals surface area contributed by atoms with E-state index in [0.717, 1.165) is 5.56 Å². The number of aryl methyl sites for hydroxylation is 1. The molecule has 22 heavy (non-hydrogen) atoms. The summed E-state index contributed by atoms with van der Waals surface area (Å²) in [6, 6.07) is 11.8. The van der Waals surface area contributed by atoms with Crippen LogP contribution in [-0.4, -0.2) is 11.1 Å². The average molecular weight is 323 g/mol. The van der Waals surface area contributed by atoms with Crippen molar-refractivity contribution >= 4 is 17.6 Å². The predicted molar refractivity (Wildman–Crippen MR) is 82.8 cm³/mol. The van der Waals surface area contributed by atoms with Crippen molar-refractivity contribution in [2.45, 2.75) is 25.9 Å². The van der Waals surface area contributed by atoms with E-state index in [4.69, 9.17) is 21.4 Å². The molecule has 0 bridgehead atoms. The normalized spacial score (nSPS) is 10.5. The third-order valence-corrected chi connectivity index (χ3v) is 3.58. The largest absolute Gasteiger partial charge is 0.489 e. The molecule has 0 aliphatic carbocycles. The molecule has 5 heteroatoms. The maximum atomic E-state index is 13.6. The van der Waals surface area contributed by atoms with Crippen molar-refractivity contribution in [2.75, 3.05) is 0 Å². The molecule has 0 unspecified atom stereocenters. The highest BCUT2D eigenvalue weighted by molar-refractivity contribution is 6.31. The summed E-state index contributed by atoms with van der Waals surface area (Å²) < 4.78 is 19.1. The van der Waals surface area contributed by atoms with Gasteiger partial charge in [0.1, 0.15) is 18.2 Å². The van der Waals surface area contributed by atoms with Crippen LogP contribution >= 0.6 is 11.6 Å². The summed E-state index contributed by atoms with van der Waals surface area (Å²) >= 11 is 5.94. The van der Waals surface area contributed by atoms with Gasteiger partial charge < -0.3 is 9.84 Å². The van der Waals surface area contributed by atoms with Crippen molar-refractivity contribution in [3.05, 3.63) is 64.4 Å². The van der Waals surface area contributed by atoms with Gasteiger partial charge in [-0.2, -0.15) is 0 Å². The lowest BCUT2D eigenvalue weighted by Gasteiger charge is -2.09. The van der Waals surface area contributed by atoms with Crippen molar-refractivity contribution in [3.8, 4) is 5.75 Å². The standard InChI is InChI=1S/C17H16ClFO3/c18-15-4-2-5-16(19)14(15)11-22-13-9-7-12(8-10-13)3-1-6-17(20)21/h2,4-5,7-10H,1,3,6,11H2,(H,20,21). The summed E-state index contributed by atoms with van der Waals surface area (Å²) in [7, 11) is 0. The van der Waals surface area contributed by atoms with Crippen LogP contribution < -0.4 is 4.74 Å². The van der Waals surface area contributed by atoms with Crippen molar-refractivity contribution in [1.82, 2.24) is 0 Å². The maximum absolute atomic E-state index is 13.6. The van der Waals surface area contributed by atoms with Gasteiger partial charge in [-0.3, -0.25) is 4.79 Å². The first-order valence-corrected chi connectivity index (χ1v) is 7.30. The van der Waals surface area contributed by atoms with E-state index in [-0.39, 0.29) is 13.0 Å². The molecule has 0 aliphatic rings. The average Bonchev–Trinajstić information content (AvgIpc) is 2.48. The van der Waals surface area contributed by atoms with E-state index in [1.54, 1.807) is 24.3 Å². The molecule has 2 rings (SSSR count). The van der Waals surface area contributed by atoms with Gasteiger partial charge in [0.2, 0.25) is 0 Å². The fourth-order valence-corrected chi connectivity index (χ4v) is 2.24. The number of carboxylic acids is 1. The van der Waals surface area contributed by atoms with E-state index in [9.17, 15) is 9.18 Å². The zero-order valence-corrected chi connectivity index (χ0v) is 12.6. The quantitative estimate of drug-likeness (QED) is 0.818. The molecular formula is C17H16ClFO3. The first-order valence-electron chi connectivity index (χ1n) is 6.92. The number of ether oxygens (including phenoxy) is 1. The van der Waals surface area contributed by atoms with Crippen LogP contribution in [0.4, 0.5) is 4.39 Å². The van der Waals surface area contributed by atoms with E-state index < -0.39 is 11.8 Å². The van der Waals surface area contributed by atoms with Gasteiger partial charge in [-0.15, -0.1) is 0 Å². The molecule has 0 amide bonds. The first-order chi connectivity index (χ1) is 10.6. The highest BCUT2D eigenvalue weighted by atomic mass is 35.5. The van der Waals surface area contributed by atoms with Crippen molar-refractivity contribution < 1.29 is 19.0 Å². The molecule has 3 nitrogen and oxygen atoms in total.